The van der Waals surface area contributed by atoms with Crippen molar-refractivity contribution in [2.75, 3.05) is 12.8 Å². The largest absolute Gasteiger partial charge is 0.496 e. The van der Waals surface area contributed by atoms with E-state index in [0.29, 0.717) is 5.82 Å². The van der Waals surface area contributed by atoms with E-state index in [1.807, 2.05) is 25.4 Å². The van der Waals surface area contributed by atoms with Crippen LogP contribution in [0.15, 0.2) is 24.4 Å². The quantitative estimate of drug-likeness (QED) is 0.902. The molecular weight excluding hydrogens is 238 g/mol. The number of aryl methyl sites for hydroxylation is 1. The lowest BCUT2D eigenvalue weighted by atomic mass is 9.85. The van der Waals surface area contributed by atoms with E-state index in [1.54, 1.807) is 11.8 Å². The first-order chi connectivity index (χ1) is 8.82. The van der Waals surface area contributed by atoms with Crippen LogP contribution in [0.25, 0.3) is 11.1 Å². The Kier molecular flexibility index (Phi) is 3.27. The van der Waals surface area contributed by atoms with Gasteiger partial charge >= 0.3 is 0 Å². The Balaban J connectivity index is 2.58. The Morgan fingerprint density at radius 2 is 1.95 bits per heavy atom. The van der Waals surface area contributed by atoms with Crippen molar-refractivity contribution in [3.8, 4) is 16.9 Å². The number of nitrogens with two attached hydrogens (primary N) is 1. The Labute approximate surface area is 114 Å². The molecule has 0 radical (unpaired) electrons. The predicted octanol–water partition coefficient (Wildman–Crippen LogP) is 2.98. The van der Waals surface area contributed by atoms with Gasteiger partial charge in [0.25, 0.3) is 0 Å². The van der Waals surface area contributed by atoms with Crippen molar-refractivity contribution in [3.63, 3.8) is 0 Å². The molecule has 2 N–H and O–H groups in total. The van der Waals surface area contributed by atoms with Crippen LogP contribution < -0.4 is 10.5 Å². The maximum absolute atomic E-state index is 5.94. The first-order valence-electron chi connectivity index (χ1n) is 6.31. The van der Waals surface area contributed by atoms with E-state index in [4.69, 9.17) is 10.5 Å². The molecule has 0 fully saturated rings. The number of nitrogen functional groups attached to an aromatic ring is 1. The average molecular weight is 259 g/mol. The van der Waals surface area contributed by atoms with Crippen LogP contribution >= 0.6 is 0 Å². The zero-order valence-electron chi connectivity index (χ0n) is 12.2. The Bertz CT molecular complexity index is 594. The molecule has 0 saturated carbocycles. The molecule has 0 spiro atoms. The van der Waals surface area contributed by atoms with Crippen LogP contribution in [0.5, 0.6) is 5.75 Å². The number of rotatable bonds is 2. The second-order valence-corrected chi connectivity index (χ2v) is 5.77. The van der Waals surface area contributed by atoms with Gasteiger partial charge in [0.15, 0.2) is 5.82 Å². The van der Waals surface area contributed by atoms with E-state index in [9.17, 15) is 0 Å². The summed E-state index contributed by atoms with van der Waals surface area (Å²) in [6.45, 7) is 6.50. The molecule has 0 saturated heterocycles. The van der Waals surface area contributed by atoms with Crippen LogP contribution in [-0.2, 0) is 12.5 Å². The third kappa shape index (κ3) is 2.57. The fraction of sp³-hybridized carbons (Fsp3) is 0.400. The van der Waals surface area contributed by atoms with Crippen LogP contribution in [0.3, 0.4) is 0 Å². The van der Waals surface area contributed by atoms with Crippen LogP contribution in [0.2, 0.25) is 0 Å². The summed E-state index contributed by atoms with van der Waals surface area (Å²) in [7, 11) is 3.57. The number of benzene rings is 1. The highest BCUT2D eigenvalue weighted by Crippen LogP contribution is 2.36. The van der Waals surface area contributed by atoms with Gasteiger partial charge in [-0.05, 0) is 23.1 Å². The molecule has 1 aromatic carbocycles. The Morgan fingerprint density at radius 1 is 1.26 bits per heavy atom. The van der Waals surface area contributed by atoms with E-state index >= 15 is 0 Å². The highest BCUT2D eigenvalue weighted by atomic mass is 16.5. The summed E-state index contributed by atoms with van der Waals surface area (Å²) < 4.78 is 7.17. The normalized spacial score (nSPS) is 11.6. The van der Waals surface area contributed by atoms with Crippen LogP contribution in [0.4, 0.5) is 5.82 Å². The first-order valence-corrected chi connectivity index (χ1v) is 6.31. The van der Waals surface area contributed by atoms with Crippen LogP contribution in [-0.4, -0.2) is 16.9 Å². The topological polar surface area (TPSA) is 53.1 Å². The lowest BCUT2D eigenvalue weighted by Gasteiger charge is -2.22. The van der Waals surface area contributed by atoms with E-state index in [0.717, 1.165) is 22.4 Å². The molecule has 19 heavy (non-hydrogen) atoms. The Morgan fingerprint density at radius 3 is 2.42 bits per heavy atom. The molecular formula is C15H21N3O. The van der Waals surface area contributed by atoms with Crippen molar-refractivity contribution in [2.45, 2.75) is 26.2 Å². The number of ether oxygens (including phenoxy) is 1. The maximum Gasteiger partial charge on any atom is 0.153 e. The molecule has 0 amide bonds. The Hall–Kier alpha value is -1.97. The standard InChI is InChI=1S/C15H21N3O/c1-15(2,3)12-8-10(6-7-13(12)19-5)11-9-18(4)17-14(11)16/h6-9H,1-5H3,(H2,16,17). The molecule has 0 aliphatic heterocycles. The third-order valence-corrected chi connectivity index (χ3v) is 3.18. The SMILES string of the molecule is COc1ccc(-c2cn(C)nc2N)cc1C(C)(C)C. The van der Waals surface area contributed by atoms with Gasteiger partial charge in [-0.15, -0.1) is 0 Å². The predicted molar refractivity (Wildman–Crippen MR) is 78.3 cm³/mol. The summed E-state index contributed by atoms with van der Waals surface area (Å²) in [6.07, 6.45) is 1.93. The van der Waals surface area contributed by atoms with E-state index in [1.165, 1.54) is 0 Å². The fourth-order valence-electron chi connectivity index (χ4n) is 2.19. The molecule has 0 atom stereocenters. The molecule has 2 aromatic rings. The van der Waals surface area contributed by atoms with Gasteiger partial charge in [-0.25, -0.2) is 0 Å². The van der Waals surface area contributed by atoms with E-state index in [-0.39, 0.29) is 5.41 Å². The highest BCUT2D eigenvalue weighted by molar-refractivity contribution is 5.74. The van der Waals surface area contributed by atoms with Crippen molar-refractivity contribution >= 4 is 5.82 Å². The monoisotopic (exact) mass is 259 g/mol. The van der Waals surface area contributed by atoms with Crippen molar-refractivity contribution in [2.24, 2.45) is 7.05 Å². The van der Waals surface area contributed by atoms with Crippen molar-refractivity contribution in [1.82, 2.24) is 9.78 Å². The molecule has 4 nitrogen and oxygen atoms in total. The van der Waals surface area contributed by atoms with Gasteiger partial charge in [-0.3, -0.25) is 4.68 Å². The van der Waals surface area contributed by atoms with Crippen molar-refractivity contribution in [3.05, 3.63) is 30.0 Å². The fourth-order valence-corrected chi connectivity index (χ4v) is 2.19. The van der Waals surface area contributed by atoms with Gasteiger partial charge in [0.1, 0.15) is 5.75 Å². The molecule has 102 valence electrons. The minimum atomic E-state index is 0.0122. The summed E-state index contributed by atoms with van der Waals surface area (Å²) in [6, 6.07) is 6.13. The van der Waals surface area contributed by atoms with Gasteiger partial charge in [0, 0.05) is 24.4 Å². The van der Waals surface area contributed by atoms with E-state index < -0.39 is 0 Å². The third-order valence-electron chi connectivity index (χ3n) is 3.18. The van der Waals surface area contributed by atoms with Crippen LogP contribution in [0.1, 0.15) is 26.3 Å². The lowest BCUT2D eigenvalue weighted by Crippen LogP contribution is -2.13. The number of anilines is 1. The summed E-state index contributed by atoms with van der Waals surface area (Å²) >= 11 is 0. The zero-order valence-corrected chi connectivity index (χ0v) is 12.2. The summed E-state index contributed by atoms with van der Waals surface area (Å²) in [4.78, 5) is 0. The number of hydrogen-bond acceptors (Lipinski definition) is 3. The molecule has 1 heterocycles. The maximum atomic E-state index is 5.94. The number of nitrogens with zero attached hydrogens (tertiary/aromatic N) is 2. The molecule has 0 aliphatic carbocycles. The first kappa shape index (κ1) is 13.5. The molecule has 0 aliphatic rings. The summed E-state index contributed by atoms with van der Waals surface area (Å²) in [5.74, 6) is 1.45. The summed E-state index contributed by atoms with van der Waals surface area (Å²) in [5.41, 5.74) is 9.14. The van der Waals surface area contributed by atoms with Gasteiger partial charge in [0.2, 0.25) is 0 Å². The lowest BCUT2D eigenvalue weighted by molar-refractivity contribution is 0.397. The molecule has 2 rings (SSSR count). The van der Waals surface area contributed by atoms with E-state index in [2.05, 4.69) is 31.9 Å². The summed E-state index contributed by atoms with van der Waals surface area (Å²) in [5, 5.41) is 4.19. The van der Waals surface area contributed by atoms with Crippen molar-refractivity contribution < 1.29 is 4.74 Å². The molecule has 1 aromatic heterocycles. The zero-order chi connectivity index (χ0) is 14.2. The second-order valence-electron chi connectivity index (χ2n) is 5.77. The minimum absolute atomic E-state index is 0.0122. The second kappa shape index (κ2) is 4.61. The van der Waals surface area contributed by atoms with Gasteiger partial charge in [-0.1, -0.05) is 26.8 Å². The smallest absolute Gasteiger partial charge is 0.153 e. The van der Waals surface area contributed by atoms with Crippen molar-refractivity contribution in [1.29, 1.82) is 0 Å². The highest BCUT2D eigenvalue weighted by Gasteiger charge is 2.20. The molecule has 0 unspecified atom stereocenters. The molecule has 0 bridgehead atoms. The van der Waals surface area contributed by atoms with Gasteiger partial charge < -0.3 is 10.5 Å². The van der Waals surface area contributed by atoms with Gasteiger partial charge in [-0.2, -0.15) is 5.10 Å². The number of hydrogen-bond donors (Lipinski definition) is 1. The van der Waals surface area contributed by atoms with Crippen LogP contribution in [0, 0.1) is 0 Å². The van der Waals surface area contributed by atoms with Gasteiger partial charge in [0.05, 0.1) is 7.11 Å². The molecule has 4 heteroatoms. The number of methoxy groups -OCH3 is 1. The minimum Gasteiger partial charge on any atom is -0.496 e. The number of aromatic nitrogens is 2. The average Bonchev–Trinajstić information content (AvgIpc) is 2.66.